The van der Waals surface area contributed by atoms with Crippen LogP contribution in [0.5, 0.6) is 0 Å². The molecule has 0 aliphatic rings. The quantitative estimate of drug-likeness (QED) is 0.901. The Hall–Kier alpha value is -2.29. The van der Waals surface area contributed by atoms with Crippen molar-refractivity contribution in [2.24, 2.45) is 0 Å². The molecule has 3 nitrogen and oxygen atoms in total. The molecule has 0 unspecified atom stereocenters. The highest BCUT2D eigenvalue weighted by Gasteiger charge is 2.14. The molecule has 0 aromatic heterocycles. The second-order valence-electron chi connectivity index (χ2n) is 5.58. The van der Waals surface area contributed by atoms with Crippen LogP contribution in [0.25, 0.3) is 0 Å². The van der Waals surface area contributed by atoms with Crippen LogP contribution in [0, 0.1) is 20.8 Å². The van der Waals surface area contributed by atoms with Crippen molar-refractivity contribution in [1.82, 2.24) is 0 Å². The van der Waals surface area contributed by atoms with Crippen LogP contribution in [0.1, 0.15) is 23.6 Å². The first kappa shape index (κ1) is 16.1. The number of carbonyl (C=O) groups excluding carboxylic acids is 1. The van der Waals surface area contributed by atoms with Crippen LogP contribution in [0.15, 0.2) is 42.5 Å². The Morgan fingerprint density at radius 2 is 1.82 bits per heavy atom. The Bertz CT molecular complexity index is 664. The highest BCUT2D eigenvalue weighted by Crippen LogP contribution is 2.19. The van der Waals surface area contributed by atoms with Gasteiger partial charge in [0.1, 0.15) is 0 Å². The largest absolute Gasteiger partial charge is 0.376 e. The Balaban J connectivity index is 2.08. The van der Waals surface area contributed by atoms with Gasteiger partial charge in [0.25, 0.3) is 0 Å². The summed E-state index contributed by atoms with van der Waals surface area (Å²) >= 11 is 0. The molecule has 1 N–H and O–H groups in total. The molecule has 0 spiro atoms. The van der Waals surface area contributed by atoms with E-state index < -0.39 is 0 Å². The average Bonchev–Trinajstić information content (AvgIpc) is 2.49. The van der Waals surface area contributed by atoms with E-state index in [2.05, 4.69) is 25.2 Å². The van der Waals surface area contributed by atoms with Crippen LogP contribution in [-0.2, 0) is 4.79 Å². The molecule has 22 heavy (non-hydrogen) atoms. The molecule has 0 bridgehead atoms. The second-order valence-corrected chi connectivity index (χ2v) is 5.58. The van der Waals surface area contributed by atoms with Crippen molar-refractivity contribution in [3.63, 3.8) is 0 Å². The van der Waals surface area contributed by atoms with Gasteiger partial charge < -0.3 is 10.2 Å². The summed E-state index contributed by atoms with van der Waals surface area (Å²) in [6, 6.07) is 14.1. The number of anilines is 2. The minimum Gasteiger partial charge on any atom is -0.376 e. The van der Waals surface area contributed by atoms with Gasteiger partial charge in [0.15, 0.2) is 0 Å². The predicted octanol–water partition coefficient (Wildman–Crippen LogP) is 4.08. The van der Waals surface area contributed by atoms with Gasteiger partial charge in [-0.25, -0.2) is 0 Å². The highest BCUT2D eigenvalue weighted by atomic mass is 16.2. The molecule has 0 saturated carbocycles. The normalized spacial score (nSPS) is 10.4. The molecule has 3 heteroatoms. The first-order chi connectivity index (χ1) is 10.5. The third-order valence-electron chi connectivity index (χ3n) is 3.97. The van der Waals surface area contributed by atoms with Crippen LogP contribution >= 0.6 is 0 Å². The fraction of sp³-hybridized carbons (Fsp3) is 0.316. The molecule has 0 aliphatic heterocycles. The zero-order valence-electron chi connectivity index (χ0n) is 13.8. The van der Waals surface area contributed by atoms with E-state index in [1.807, 2.05) is 55.1 Å². The van der Waals surface area contributed by atoms with Crippen molar-refractivity contribution in [3.05, 3.63) is 59.2 Å². The van der Waals surface area contributed by atoms with E-state index in [4.69, 9.17) is 0 Å². The summed E-state index contributed by atoms with van der Waals surface area (Å²) in [6.07, 6.45) is 0. The fourth-order valence-corrected chi connectivity index (χ4v) is 2.51. The molecule has 0 aliphatic carbocycles. The van der Waals surface area contributed by atoms with Gasteiger partial charge in [0.05, 0.1) is 6.54 Å². The molecule has 1 amide bonds. The molecule has 0 radical (unpaired) electrons. The van der Waals surface area contributed by atoms with E-state index in [-0.39, 0.29) is 5.91 Å². The van der Waals surface area contributed by atoms with E-state index in [1.165, 1.54) is 11.1 Å². The van der Waals surface area contributed by atoms with E-state index in [1.54, 1.807) is 0 Å². The van der Waals surface area contributed by atoms with E-state index in [0.29, 0.717) is 13.1 Å². The summed E-state index contributed by atoms with van der Waals surface area (Å²) in [5, 5.41) is 3.26. The smallest absolute Gasteiger partial charge is 0.246 e. The monoisotopic (exact) mass is 296 g/mol. The maximum absolute atomic E-state index is 12.5. The lowest BCUT2D eigenvalue weighted by atomic mass is 10.1. The lowest BCUT2D eigenvalue weighted by Gasteiger charge is -2.22. The van der Waals surface area contributed by atoms with Gasteiger partial charge in [-0.3, -0.25) is 4.79 Å². The van der Waals surface area contributed by atoms with Gasteiger partial charge in [0.2, 0.25) is 5.91 Å². The third kappa shape index (κ3) is 3.67. The van der Waals surface area contributed by atoms with E-state index >= 15 is 0 Å². The summed E-state index contributed by atoms with van der Waals surface area (Å²) in [5.41, 5.74) is 5.55. The van der Waals surface area contributed by atoms with Gasteiger partial charge in [-0.15, -0.1) is 0 Å². The van der Waals surface area contributed by atoms with Crippen molar-refractivity contribution in [1.29, 1.82) is 0 Å². The Labute approximate surface area is 133 Å². The molecule has 0 saturated heterocycles. The Kier molecular flexibility index (Phi) is 5.21. The van der Waals surface area contributed by atoms with Crippen molar-refractivity contribution in [2.75, 3.05) is 23.3 Å². The van der Waals surface area contributed by atoms with Gasteiger partial charge in [0, 0.05) is 17.9 Å². The van der Waals surface area contributed by atoms with Gasteiger partial charge in [-0.2, -0.15) is 0 Å². The maximum Gasteiger partial charge on any atom is 0.246 e. The number of rotatable bonds is 5. The number of aryl methyl sites for hydroxylation is 2. The molecular formula is C19H24N2O. The minimum absolute atomic E-state index is 0.0778. The number of hydrogen-bond acceptors (Lipinski definition) is 2. The maximum atomic E-state index is 12.5. The molecule has 116 valence electrons. The Morgan fingerprint density at radius 1 is 1.09 bits per heavy atom. The zero-order chi connectivity index (χ0) is 16.1. The lowest BCUT2D eigenvalue weighted by molar-refractivity contribution is -0.116. The lowest BCUT2D eigenvalue weighted by Crippen LogP contribution is -2.35. The van der Waals surface area contributed by atoms with E-state index in [0.717, 1.165) is 16.9 Å². The van der Waals surface area contributed by atoms with E-state index in [9.17, 15) is 4.79 Å². The van der Waals surface area contributed by atoms with Crippen molar-refractivity contribution >= 4 is 17.3 Å². The number of benzene rings is 2. The number of nitrogens with zero attached hydrogens (tertiary/aromatic N) is 1. The van der Waals surface area contributed by atoms with Crippen LogP contribution in [0.2, 0.25) is 0 Å². The summed E-state index contributed by atoms with van der Waals surface area (Å²) in [7, 11) is 0. The zero-order valence-corrected chi connectivity index (χ0v) is 13.8. The summed E-state index contributed by atoms with van der Waals surface area (Å²) in [4.78, 5) is 14.3. The molecular weight excluding hydrogens is 272 g/mol. The number of nitrogens with one attached hydrogen (secondary N) is 1. The van der Waals surface area contributed by atoms with Gasteiger partial charge in [-0.1, -0.05) is 24.3 Å². The van der Waals surface area contributed by atoms with Gasteiger partial charge >= 0.3 is 0 Å². The van der Waals surface area contributed by atoms with Crippen molar-refractivity contribution < 1.29 is 4.79 Å². The fourth-order valence-electron chi connectivity index (χ4n) is 2.51. The minimum atomic E-state index is 0.0778. The molecule has 2 rings (SSSR count). The summed E-state index contributed by atoms with van der Waals surface area (Å²) < 4.78 is 0. The first-order valence-corrected chi connectivity index (χ1v) is 7.70. The van der Waals surface area contributed by atoms with Crippen LogP contribution in [0.3, 0.4) is 0 Å². The standard InChI is InChI=1S/C19H24N2O/c1-5-21(17-10-6-8-14(2)12-17)19(22)13-20-18-11-7-9-15(3)16(18)4/h6-12,20H,5,13H2,1-4H3. The summed E-state index contributed by atoms with van der Waals surface area (Å²) in [6.45, 7) is 9.14. The average molecular weight is 296 g/mol. The molecule has 0 fully saturated rings. The molecule has 2 aromatic carbocycles. The predicted molar refractivity (Wildman–Crippen MR) is 93.6 cm³/mol. The van der Waals surface area contributed by atoms with Crippen LogP contribution in [0.4, 0.5) is 11.4 Å². The SMILES string of the molecule is CCN(C(=O)CNc1cccc(C)c1C)c1cccc(C)c1. The number of amides is 1. The van der Waals surface area contributed by atoms with Crippen molar-refractivity contribution in [2.45, 2.75) is 27.7 Å². The number of hydrogen-bond donors (Lipinski definition) is 1. The highest BCUT2D eigenvalue weighted by molar-refractivity contribution is 5.96. The van der Waals surface area contributed by atoms with Crippen LogP contribution in [-0.4, -0.2) is 19.0 Å². The summed E-state index contributed by atoms with van der Waals surface area (Å²) in [5.74, 6) is 0.0778. The number of likely N-dealkylation sites (N-methyl/N-ethyl adjacent to an activating group) is 1. The molecule has 0 heterocycles. The van der Waals surface area contributed by atoms with Crippen LogP contribution < -0.4 is 10.2 Å². The second kappa shape index (κ2) is 7.12. The molecule has 0 atom stereocenters. The topological polar surface area (TPSA) is 32.3 Å². The Morgan fingerprint density at radius 3 is 2.50 bits per heavy atom. The first-order valence-electron chi connectivity index (χ1n) is 7.70. The third-order valence-corrected chi connectivity index (χ3v) is 3.97. The molecule has 2 aromatic rings. The number of carbonyl (C=O) groups is 1. The van der Waals surface area contributed by atoms with Gasteiger partial charge in [-0.05, 0) is 62.6 Å². The van der Waals surface area contributed by atoms with Crippen molar-refractivity contribution in [3.8, 4) is 0 Å².